The lowest BCUT2D eigenvalue weighted by molar-refractivity contribution is 0.552. The van der Waals surface area contributed by atoms with Crippen LogP contribution in [0.1, 0.15) is 37.3 Å². The van der Waals surface area contributed by atoms with E-state index in [1.807, 2.05) is 23.9 Å². The summed E-state index contributed by atoms with van der Waals surface area (Å²) in [6, 6.07) is 5.55. The van der Waals surface area contributed by atoms with Gasteiger partial charge in [0.1, 0.15) is 0 Å². The summed E-state index contributed by atoms with van der Waals surface area (Å²) in [5, 5.41) is 3.84. The fourth-order valence-electron chi connectivity index (χ4n) is 3.16. The molecule has 1 aromatic carbocycles. The maximum atomic E-state index is 12.5. The molecule has 0 radical (unpaired) electrons. The van der Waals surface area contributed by atoms with Crippen molar-refractivity contribution in [3.8, 4) is 0 Å². The van der Waals surface area contributed by atoms with Crippen LogP contribution in [0.5, 0.6) is 0 Å². The molecule has 1 saturated carbocycles. The fraction of sp³-hybridized carbons (Fsp3) is 0.600. The Kier molecular flexibility index (Phi) is 4.59. The Balaban J connectivity index is 1.70. The van der Waals surface area contributed by atoms with Crippen molar-refractivity contribution in [1.82, 2.24) is 10.0 Å². The van der Waals surface area contributed by atoms with E-state index in [9.17, 15) is 8.42 Å². The molecule has 116 valence electrons. The Morgan fingerprint density at radius 3 is 2.90 bits per heavy atom. The molecular weight excluding hydrogens is 304 g/mol. The van der Waals surface area contributed by atoms with Gasteiger partial charge in [-0.3, -0.25) is 0 Å². The second-order valence-electron chi connectivity index (χ2n) is 5.74. The summed E-state index contributed by atoms with van der Waals surface area (Å²) < 4.78 is 27.9. The first-order chi connectivity index (χ1) is 10.1. The Morgan fingerprint density at radius 2 is 2.10 bits per heavy atom. The maximum Gasteiger partial charge on any atom is 0.240 e. The fourth-order valence-corrected chi connectivity index (χ4v) is 5.64. The molecule has 4 nitrogen and oxygen atoms in total. The molecule has 1 heterocycles. The van der Waals surface area contributed by atoms with E-state index in [2.05, 4.69) is 17.0 Å². The van der Waals surface area contributed by atoms with Gasteiger partial charge in [-0.05, 0) is 48.3 Å². The number of sulfonamides is 1. The first-order valence-electron chi connectivity index (χ1n) is 7.55. The van der Waals surface area contributed by atoms with Crippen LogP contribution in [0, 0.1) is 0 Å². The minimum Gasteiger partial charge on any atom is -0.309 e. The zero-order valence-corrected chi connectivity index (χ0v) is 13.9. The lowest BCUT2D eigenvalue weighted by atomic mass is 10.1. The van der Waals surface area contributed by atoms with Gasteiger partial charge in [0.05, 0.1) is 4.90 Å². The average molecular weight is 326 g/mol. The van der Waals surface area contributed by atoms with Crippen molar-refractivity contribution in [3.05, 3.63) is 29.3 Å². The van der Waals surface area contributed by atoms with Crippen LogP contribution in [0.4, 0.5) is 0 Å². The van der Waals surface area contributed by atoms with E-state index >= 15 is 0 Å². The van der Waals surface area contributed by atoms with Crippen molar-refractivity contribution < 1.29 is 8.42 Å². The molecule has 21 heavy (non-hydrogen) atoms. The number of hydrogen-bond donors (Lipinski definition) is 2. The van der Waals surface area contributed by atoms with Gasteiger partial charge in [-0.15, -0.1) is 0 Å². The van der Waals surface area contributed by atoms with Gasteiger partial charge in [0.25, 0.3) is 0 Å². The van der Waals surface area contributed by atoms with Crippen LogP contribution in [0.2, 0.25) is 0 Å². The zero-order chi connectivity index (χ0) is 14.9. The van der Waals surface area contributed by atoms with Crippen LogP contribution >= 0.6 is 11.8 Å². The van der Waals surface area contributed by atoms with Gasteiger partial charge in [0.15, 0.2) is 0 Å². The highest BCUT2D eigenvalue weighted by atomic mass is 32.2. The summed E-state index contributed by atoms with van der Waals surface area (Å²) in [6.45, 7) is 3.75. The van der Waals surface area contributed by atoms with Crippen LogP contribution in [-0.4, -0.2) is 25.5 Å². The topological polar surface area (TPSA) is 58.2 Å². The van der Waals surface area contributed by atoms with Gasteiger partial charge in [-0.2, -0.15) is 11.8 Å². The molecule has 6 heteroatoms. The van der Waals surface area contributed by atoms with E-state index < -0.39 is 10.0 Å². The maximum absolute atomic E-state index is 12.5. The number of hydrogen-bond acceptors (Lipinski definition) is 4. The van der Waals surface area contributed by atoms with E-state index in [0.717, 1.165) is 43.7 Å². The van der Waals surface area contributed by atoms with Gasteiger partial charge in [-0.1, -0.05) is 13.0 Å². The minimum atomic E-state index is -3.39. The first kappa shape index (κ1) is 15.3. The SMILES string of the molecule is CCSC1CCC(NS(=O)(=O)c2ccc3c(c2)CNC3)C1. The Hall–Kier alpha value is -0.560. The van der Waals surface area contributed by atoms with Crippen molar-refractivity contribution in [2.75, 3.05) is 5.75 Å². The molecule has 2 unspecified atom stereocenters. The van der Waals surface area contributed by atoms with E-state index in [4.69, 9.17) is 0 Å². The molecule has 2 N–H and O–H groups in total. The van der Waals surface area contributed by atoms with E-state index in [-0.39, 0.29) is 6.04 Å². The van der Waals surface area contributed by atoms with Crippen LogP contribution in [0.15, 0.2) is 23.1 Å². The summed E-state index contributed by atoms with van der Waals surface area (Å²) in [5.74, 6) is 1.10. The lowest BCUT2D eigenvalue weighted by Crippen LogP contribution is -2.33. The van der Waals surface area contributed by atoms with Gasteiger partial charge >= 0.3 is 0 Å². The molecule has 0 aromatic heterocycles. The highest BCUT2D eigenvalue weighted by molar-refractivity contribution is 7.99. The third kappa shape index (κ3) is 3.44. The summed E-state index contributed by atoms with van der Waals surface area (Å²) in [6.07, 6.45) is 3.01. The molecule has 2 atom stereocenters. The van der Waals surface area contributed by atoms with Crippen molar-refractivity contribution in [2.45, 2.75) is 55.5 Å². The molecular formula is C15H22N2O2S2. The molecule has 1 aromatic rings. The number of fused-ring (bicyclic) bond motifs is 1. The molecule has 0 amide bonds. The monoisotopic (exact) mass is 326 g/mol. The largest absolute Gasteiger partial charge is 0.309 e. The third-order valence-corrected chi connectivity index (χ3v) is 6.98. The molecule has 0 saturated heterocycles. The molecule has 1 aliphatic carbocycles. The highest BCUT2D eigenvalue weighted by Gasteiger charge is 2.29. The lowest BCUT2D eigenvalue weighted by Gasteiger charge is -2.14. The van der Waals surface area contributed by atoms with Crippen LogP contribution in [-0.2, 0) is 23.1 Å². The summed E-state index contributed by atoms with van der Waals surface area (Å²) in [5.41, 5.74) is 2.30. The van der Waals surface area contributed by atoms with E-state index in [1.165, 1.54) is 5.56 Å². The number of rotatable bonds is 5. The number of thioether (sulfide) groups is 1. The molecule has 2 aliphatic rings. The van der Waals surface area contributed by atoms with Gasteiger partial charge < -0.3 is 5.32 Å². The molecule has 1 aliphatic heterocycles. The van der Waals surface area contributed by atoms with E-state index in [1.54, 1.807) is 6.07 Å². The zero-order valence-electron chi connectivity index (χ0n) is 12.3. The van der Waals surface area contributed by atoms with Gasteiger partial charge in [0, 0.05) is 24.4 Å². The normalized spacial score (nSPS) is 25.2. The second kappa shape index (κ2) is 6.28. The van der Waals surface area contributed by atoms with Crippen molar-refractivity contribution in [1.29, 1.82) is 0 Å². The van der Waals surface area contributed by atoms with Gasteiger partial charge in [-0.25, -0.2) is 13.1 Å². The number of nitrogens with one attached hydrogen (secondary N) is 2. The van der Waals surface area contributed by atoms with Crippen LogP contribution in [0.25, 0.3) is 0 Å². The number of benzene rings is 1. The summed E-state index contributed by atoms with van der Waals surface area (Å²) >= 11 is 1.94. The summed E-state index contributed by atoms with van der Waals surface area (Å²) in [7, 11) is -3.39. The molecule has 3 rings (SSSR count). The first-order valence-corrected chi connectivity index (χ1v) is 10.1. The molecule has 1 fully saturated rings. The smallest absolute Gasteiger partial charge is 0.240 e. The van der Waals surface area contributed by atoms with E-state index in [0.29, 0.717) is 10.1 Å². The van der Waals surface area contributed by atoms with Gasteiger partial charge in [0.2, 0.25) is 10.0 Å². The Bertz CT molecular complexity index is 616. The Labute approximate surface area is 131 Å². The van der Waals surface area contributed by atoms with Crippen molar-refractivity contribution in [2.24, 2.45) is 0 Å². The predicted molar refractivity (Wildman–Crippen MR) is 86.9 cm³/mol. The average Bonchev–Trinajstić information content (AvgIpc) is 3.07. The summed E-state index contributed by atoms with van der Waals surface area (Å²) in [4.78, 5) is 0.400. The van der Waals surface area contributed by atoms with Crippen LogP contribution in [0.3, 0.4) is 0 Å². The van der Waals surface area contributed by atoms with Crippen LogP contribution < -0.4 is 10.0 Å². The van der Waals surface area contributed by atoms with Crippen molar-refractivity contribution in [3.63, 3.8) is 0 Å². The predicted octanol–water partition coefficient (Wildman–Crippen LogP) is 2.24. The highest BCUT2D eigenvalue weighted by Crippen LogP contribution is 2.30. The quantitative estimate of drug-likeness (QED) is 0.871. The third-order valence-electron chi connectivity index (χ3n) is 4.23. The minimum absolute atomic E-state index is 0.0884. The van der Waals surface area contributed by atoms with Crippen molar-refractivity contribution >= 4 is 21.8 Å². The standard InChI is InChI=1S/C15H22N2O2S2/c1-2-20-14-5-4-13(8-14)17-21(18,19)15-6-3-11-9-16-10-12(11)7-15/h3,6-7,13-14,16-17H,2,4-5,8-10H2,1H3. The Morgan fingerprint density at radius 1 is 1.29 bits per heavy atom. The molecule has 0 spiro atoms. The second-order valence-corrected chi connectivity index (χ2v) is 9.03. The molecule has 0 bridgehead atoms.